The first-order valence-corrected chi connectivity index (χ1v) is 26.7. The van der Waals surface area contributed by atoms with Crippen LogP contribution in [-0.4, -0.2) is 46.9 Å². The molecule has 0 aromatic rings. The number of carbonyl (C=O) groups excluding carboxylic acids is 2. The van der Waals surface area contributed by atoms with Crippen LogP contribution in [0.25, 0.3) is 0 Å². The molecule has 0 bridgehead atoms. The van der Waals surface area contributed by atoms with Gasteiger partial charge < -0.3 is 20.3 Å². The number of nitrogens with one attached hydrogen (secondary N) is 1. The Morgan fingerprint density at radius 3 is 1.46 bits per heavy atom. The molecule has 0 saturated carbocycles. The summed E-state index contributed by atoms with van der Waals surface area (Å²) >= 11 is 0. The molecule has 0 aromatic carbocycles. The maximum absolute atomic E-state index is 13.2. The van der Waals surface area contributed by atoms with Crippen molar-refractivity contribution >= 4 is 11.9 Å². The van der Waals surface area contributed by atoms with E-state index in [0.717, 1.165) is 109 Å². The molecule has 6 nitrogen and oxygen atoms in total. The summed E-state index contributed by atoms with van der Waals surface area (Å²) in [6, 6.07) is -0.730. The van der Waals surface area contributed by atoms with Gasteiger partial charge in [-0.15, -0.1) is 0 Å². The molecule has 0 saturated heterocycles. The number of amides is 1. The maximum Gasteiger partial charge on any atom is 0.306 e. The van der Waals surface area contributed by atoms with Gasteiger partial charge in [0.05, 0.1) is 25.2 Å². The number of allylic oxidation sites excluding steroid dienone is 18. The first-order chi connectivity index (χ1) is 32.0. The molecule has 1 amide bonds. The monoisotopic (exact) mass is 902 g/mol. The SMILES string of the molecule is CC/C=C/C/C=C/C/C=C/C/C=C/CCCCCC(=O)OC(CCCCC/C=C/C=C/C=C/C=C/C=C/CCC)CC(=O)NC(CO)C(O)CCCCCCCCCCCCCCCC. The van der Waals surface area contributed by atoms with E-state index >= 15 is 0 Å². The Bertz CT molecular complexity index is 1330. The standard InChI is InChI=1S/C59H99NO5/c1-4-7-10-13-16-19-22-25-28-30-32-35-38-41-44-47-50-55(65-59(64)52-49-46-43-40-37-34-31-29-26-23-20-17-14-11-8-5-2)53-58(63)60-56(54-61)57(62)51-48-45-42-39-36-33-27-24-21-18-15-12-9-6-3/h8,10-11,13,16-17,19-20,22,25-26,28-30,32,34-35,37,55-57,61-62H,4-7,9,12,14-15,18,21,23-24,27,31,33,36,38-54H2,1-3H3,(H,60,63)/b11-8+,13-10+,19-16+,20-17+,25-22+,29-26+,30-28+,35-32+,37-34+. The van der Waals surface area contributed by atoms with E-state index in [4.69, 9.17) is 4.74 Å². The largest absolute Gasteiger partial charge is 0.462 e. The molecule has 65 heavy (non-hydrogen) atoms. The van der Waals surface area contributed by atoms with Gasteiger partial charge in [-0.2, -0.15) is 0 Å². The Morgan fingerprint density at radius 2 is 0.923 bits per heavy atom. The molecule has 0 aromatic heterocycles. The smallest absolute Gasteiger partial charge is 0.306 e. The van der Waals surface area contributed by atoms with Crippen LogP contribution in [0.5, 0.6) is 0 Å². The van der Waals surface area contributed by atoms with E-state index in [0.29, 0.717) is 19.3 Å². The fourth-order valence-corrected chi connectivity index (χ4v) is 7.45. The molecule has 0 aliphatic carbocycles. The molecule has 0 heterocycles. The van der Waals surface area contributed by atoms with Gasteiger partial charge in [0.15, 0.2) is 0 Å². The second-order valence-corrected chi connectivity index (χ2v) is 17.7. The zero-order valence-corrected chi connectivity index (χ0v) is 42.1. The van der Waals surface area contributed by atoms with Crippen LogP contribution in [-0.2, 0) is 14.3 Å². The van der Waals surface area contributed by atoms with E-state index < -0.39 is 18.2 Å². The quantitative estimate of drug-likeness (QED) is 0.0245. The lowest BCUT2D eigenvalue weighted by Gasteiger charge is -2.24. The summed E-state index contributed by atoms with van der Waals surface area (Å²) in [5.41, 5.74) is 0. The van der Waals surface area contributed by atoms with Crippen LogP contribution in [0.4, 0.5) is 0 Å². The van der Waals surface area contributed by atoms with Crippen LogP contribution in [0.3, 0.4) is 0 Å². The van der Waals surface area contributed by atoms with E-state index in [2.05, 4.69) is 99.0 Å². The van der Waals surface area contributed by atoms with Crippen LogP contribution in [0.15, 0.2) is 109 Å². The summed E-state index contributed by atoms with van der Waals surface area (Å²) < 4.78 is 5.91. The minimum Gasteiger partial charge on any atom is -0.462 e. The third-order valence-electron chi connectivity index (χ3n) is 11.4. The number of unbranched alkanes of at least 4 members (excludes halogenated alkanes) is 20. The summed E-state index contributed by atoms with van der Waals surface area (Å²) in [6.45, 7) is 6.26. The molecule has 3 N–H and O–H groups in total. The minimum absolute atomic E-state index is 0.0298. The molecular weight excluding hydrogens is 803 g/mol. The lowest BCUT2D eigenvalue weighted by Crippen LogP contribution is -2.46. The van der Waals surface area contributed by atoms with Crippen LogP contribution in [0.1, 0.15) is 226 Å². The number of carbonyl (C=O) groups is 2. The lowest BCUT2D eigenvalue weighted by atomic mass is 10.0. The number of hydrogen-bond acceptors (Lipinski definition) is 5. The van der Waals surface area contributed by atoms with Crippen LogP contribution in [0.2, 0.25) is 0 Å². The predicted octanol–water partition coefficient (Wildman–Crippen LogP) is 16.3. The summed E-state index contributed by atoms with van der Waals surface area (Å²) in [5.74, 6) is -0.560. The molecule has 0 aliphatic rings. The van der Waals surface area contributed by atoms with Crippen LogP contribution < -0.4 is 5.32 Å². The number of aliphatic hydroxyl groups is 2. The van der Waals surface area contributed by atoms with Crippen molar-refractivity contribution in [2.75, 3.05) is 6.61 Å². The fourth-order valence-electron chi connectivity index (χ4n) is 7.45. The Morgan fingerprint density at radius 1 is 0.477 bits per heavy atom. The van der Waals surface area contributed by atoms with E-state index in [1.54, 1.807) is 0 Å². The molecule has 370 valence electrons. The van der Waals surface area contributed by atoms with Crippen molar-refractivity contribution < 1.29 is 24.5 Å². The average Bonchev–Trinajstić information content (AvgIpc) is 3.30. The van der Waals surface area contributed by atoms with Gasteiger partial charge in [-0.3, -0.25) is 9.59 Å². The summed E-state index contributed by atoms with van der Waals surface area (Å²) in [4.78, 5) is 26.2. The molecule has 3 atom stereocenters. The van der Waals surface area contributed by atoms with Crippen molar-refractivity contribution in [2.24, 2.45) is 0 Å². The Balaban J connectivity index is 4.75. The maximum atomic E-state index is 13.2. The van der Waals surface area contributed by atoms with Gasteiger partial charge in [0.25, 0.3) is 0 Å². The fraction of sp³-hybridized carbons (Fsp3) is 0.661. The van der Waals surface area contributed by atoms with E-state index in [-0.39, 0.29) is 24.9 Å². The van der Waals surface area contributed by atoms with E-state index in [1.165, 1.54) is 70.6 Å². The zero-order chi connectivity index (χ0) is 47.4. The molecule has 0 aliphatic heterocycles. The van der Waals surface area contributed by atoms with Gasteiger partial charge >= 0.3 is 5.97 Å². The van der Waals surface area contributed by atoms with Crippen molar-refractivity contribution in [1.82, 2.24) is 5.32 Å². The third kappa shape index (κ3) is 46.8. The Hall–Kier alpha value is -3.48. The number of esters is 1. The predicted molar refractivity (Wildman–Crippen MR) is 282 cm³/mol. The minimum atomic E-state index is -0.813. The Labute approximate surface area is 400 Å². The topological polar surface area (TPSA) is 95.9 Å². The van der Waals surface area contributed by atoms with Crippen LogP contribution >= 0.6 is 0 Å². The second-order valence-electron chi connectivity index (χ2n) is 17.7. The highest BCUT2D eigenvalue weighted by molar-refractivity contribution is 5.77. The highest BCUT2D eigenvalue weighted by Crippen LogP contribution is 2.17. The van der Waals surface area contributed by atoms with Gasteiger partial charge in [0.1, 0.15) is 6.10 Å². The normalized spacial score (nSPS) is 14.1. The molecule has 0 radical (unpaired) electrons. The first-order valence-electron chi connectivity index (χ1n) is 26.7. The molecular formula is C59H99NO5. The number of ether oxygens (including phenoxy) is 1. The second kappa shape index (κ2) is 51.5. The van der Waals surface area contributed by atoms with Crippen molar-refractivity contribution in [3.63, 3.8) is 0 Å². The van der Waals surface area contributed by atoms with Crippen molar-refractivity contribution in [2.45, 2.75) is 244 Å². The average molecular weight is 902 g/mol. The van der Waals surface area contributed by atoms with Crippen LogP contribution in [0, 0.1) is 0 Å². The molecule has 0 fully saturated rings. The molecule has 6 heteroatoms. The highest BCUT2D eigenvalue weighted by Gasteiger charge is 2.24. The van der Waals surface area contributed by atoms with E-state index in [1.807, 2.05) is 36.5 Å². The summed E-state index contributed by atoms with van der Waals surface area (Å²) in [6.07, 6.45) is 70.0. The molecule has 3 unspecified atom stereocenters. The van der Waals surface area contributed by atoms with Gasteiger partial charge in [0, 0.05) is 6.42 Å². The third-order valence-corrected chi connectivity index (χ3v) is 11.4. The van der Waals surface area contributed by atoms with Crippen molar-refractivity contribution in [1.29, 1.82) is 0 Å². The highest BCUT2D eigenvalue weighted by atomic mass is 16.5. The van der Waals surface area contributed by atoms with Gasteiger partial charge in [0.2, 0.25) is 5.91 Å². The number of aliphatic hydroxyl groups excluding tert-OH is 2. The van der Waals surface area contributed by atoms with Gasteiger partial charge in [-0.25, -0.2) is 0 Å². The summed E-state index contributed by atoms with van der Waals surface area (Å²) in [7, 11) is 0. The molecule has 0 rings (SSSR count). The zero-order valence-electron chi connectivity index (χ0n) is 42.1. The van der Waals surface area contributed by atoms with Gasteiger partial charge in [-0.1, -0.05) is 239 Å². The number of rotatable bonds is 46. The molecule has 0 spiro atoms. The van der Waals surface area contributed by atoms with Gasteiger partial charge in [-0.05, 0) is 83.5 Å². The van der Waals surface area contributed by atoms with E-state index in [9.17, 15) is 19.8 Å². The number of hydrogen-bond donors (Lipinski definition) is 3. The van der Waals surface area contributed by atoms with Crippen molar-refractivity contribution in [3.05, 3.63) is 109 Å². The lowest BCUT2D eigenvalue weighted by molar-refractivity contribution is -0.151. The Kier molecular flexibility index (Phi) is 48.7. The van der Waals surface area contributed by atoms with Crippen molar-refractivity contribution in [3.8, 4) is 0 Å². The summed E-state index contributed by atoms with van der Waals surface area (Å²) in [5, 5.41) is 23.8. The first kappa shape index (κ1) is 61.5.